The number of morpholine rings is 1. The third kappa shape index (κ3) is 5.81. The molecule has 4 rings (SSSR count). The molecule has 2 aliphatic rings. The smallest absolute Gasteiger partial charge is 0.437 e. The van der Waals surface area contributed by atoms with Crippen molar-refractivity contribution in [3.63, 3.8) is 0 Å². The van der Waals surface area contributed by atoms with Crippen LogP contribution in [0.2, 0.25) is 0 Å². The van der Waals surface area contributed by atoms with E-state index in [1.807, 2.05) is 17.3 Å². The molecule has 34 heavy (non-hydrogen) atoms. The lowest BCUT2D eigenvalue weighted by Crippen LogP contribution is -2.37. The number of carbonyl (C=O) groups excluding carboxylic acids is 1. The van der Waals surface area contributed by atoms with Gasteiger partial charge in [0.1, 0.15) is 6.61 Å². The van der Waals surface area contributed by atoms with E-state index in [-0.39, 0.29) is 12.2 Å². The van der Waals surface area contributed by atoms with Gasteiger partial charge in [0.2, 0.25) is 5.95 Å². The molecule has 0 radical (unpaired) electrons. The predicted molar refractivity (Wildman–Crippen MR) is 127 cm³/mol. The van der Waals surface area contributed by atoms with Crippen molar-refractivity contribution >= 4 is 29.4 Å². The maximum Gasteiger partial charge on any atom is 0.437 e. The van der Waals surface area contributed by atoms with Crippen LogP contribution in [0.4, 0.5) is 26.5 Å². The lowest BCUT2D eigenvalue weighted by atomic mass is 10.1. The zero-order valence-corrected chi connectivity index (χ0v) is 18.9. The molecule has 0 bridgehead atoms. The van der Waals surface area contributed by atoms with Gasteiger partial charge in [0, 0.05) is 44.8 Å². The average Bonchev–Trinajstić information content (AvgIpc) is 3.10. The van der Waals surface area contributed by atoms with E-state index in [0.717, 1.165) is 31.7 Å². The highest BCUT2D eigenvalue weighted by Gasteiger charge is 2.21. The summed E-state index contributed by atoms with van der Waals surface area (Å²) in [6.07, 6.45) is 3.57. The van der Waals surface area contributed by atoms with E-state index in [2.05, 4.69) is 24.8 Å². The van der Waals surface area contributed by atoms with Crippen molar-refractivity contribution in [2.45, 2.75) is 13.0 Å². The molecule has 0 aliphatic carbocycles. The summed E-state index contributed by atoms with van der Waals surface area (Å²) < 4.78 is 25.5. The molecule has 0 spiro atoms. The van der Waals surface area contributed by atoms with Gasteiger partial charge in [-0.05, 0) is 12.5 Å². The average molecular weight is 473 g/mol. The van der Waals surface area contributed by atoms with Gasteiger partial charge in [0.05, 0.1) is 37.0 Å². The molecule has 2 saturated heterocycles. The van der Waals surface area contributed by atoms with E-state index in [4.69, 9.17) is 20.9 Å². The number of hydrogen-bond donors (Lipinski definition) is 2. The largest absolute Gasteiger partial charge is 0.443 e. The molecule has 1 aromatic heterocycles. The Labute approximate surface area is 197 Å². The minimum absolute atomic E-state index is 0.254. The van der Waals surface area contributed by atoms with Gasteiger partial charge in [-0.2, -0.15) is 0 Å². The number of amides is 1. The Hall–Kier alpha value is -3.67. The molecule has 1 amide bonds. The summed E-state index contributed by atoms with van der Waals surface area (Å²) >= 11 is 0. The van der Waals surface area contributed by atoms with Crippen molar-refractivity contribution in [2.75, 3.05) is 67.2 Å². The van der Waals surface area contributed by atoms with Gasteiger partial charge in [0.15, 0.2) is 11.8 Å². The molecular weight excluding hydrogens is 443 g/mol. The molecule has 1 aromatic carbocycles. The Morgan fingerprint density at radius 2 is 1.74 bits per heavy atom. The first-order valence-corrected chi connectivity index (χ1v) is 11.2. The molecule has 3 heterocycles. The van der Waals surface area contributed by atoms with Crippen LogP contribution in [0.1, 0.15) is 12.0 Å². The van der Waals surface area contributed by atoms with Crippen molar-refractivity contribution in [1.82, 2.24) is 9.97 Å². The minimum atomic E-state index is -0.961. The molecule has 2 fully saturated rings. The highest BCUT2D eigenvalue weighted by Crippen LogP contribution is 2.25. The van der Waals surface area contributed by atoms with E-state index in [9.17, 15) is 4.79 Å². The molecule has 4 N–H and O–H groups in total. The fourth-order valence-corrected chi connectivity index (χ4v) is 4.02. The van der Waals surface area contributed by atoms with Gasteiger partial charge in [-0.1, -0.05) is 12.1 Å². The summed E-state index contributed by atoms with van der Waals surface area (Å²) in [7, 11) is 0. The third-order valence-electron chi connectivity index (χ3n) is 5.75. The highest BCUT2D eigenvalue weighted by molar-refractivity contribution is 5.87. The Morgan fingerprint density at radius 1 is 1.03 bits per heavy atom. The summed E-state index contributed by atoms with van der Waals surface area (Å²) in [5.41, 5.74) is 12.0. The summed E-state index contributed by atoms with van der Waals surface area (Å²) in [5, 5.41) is 0. The number of anilines is 3. The summed E-state index contributed by atoms with van der Waals surface area (Å²) in [5.74, 6) is -0.121. The molecule has 182 valence electrons. The van der Waals surface area contributed by atoms with Crippen LogP contribution in [-0.2, 0) is 16.1 Å². The molecule has 0 atom stereocenters. The van der Waals surface area contributed by atoms with E-state index < -0.39 is 17.9 Å². The second kappa shape index (κ2) is 11.0. The van der Waals surface area contributed by atoms with Crippen LogP contribution in [0, 0.1) is 5.82 Å². The topological polar surface area (TPSA) is 135 Å². The number of aromatic nitrogens is 2. The first-order chi connectivity index (χ1) is 16.5. The number of benzene rings is 1. The molecule has 2 aliphatic heterocycles. The SMILES string of the molecule is NC(N)=NC(=O)OCc1cccc(N2CCCN(c3cnc(N4CCOCC4)nc3)CC2)c1F. The van der Waals surface area contributed by atoms with Crippen LogP contribution in [0.5, 0.6) is 0 Å². The van der Waals surface area contributed by atoms with E-state index >= 15 is 4.39 Å². The Kier molecular flexibility index (Phi) is 7.58. The number of carbonyl (C=O) groups is 1. The van der Waals surface area contributed by atoms with Gasteiger partial charge in [-0.15, -0.1) is 4.99 Å². The van der Waals surface area contributed by atoms with E-state index in [0.29, 0.717) is 44.5 Å². The van der Waals surface area contributed by atoms with Crippen molar-refractivity contribution in [2.24, 2.45) is 16.5 Å². The number of nitrogens with zero attached hydrogens (tertiary/aromatic N) is 6. The molecule has 2 aromatic rings. The molecular formula is C22H29FN8O3. The summed E-state index contributed by atoms with van der Waals surface area (Å²) in [6, 6.07) is 5.04. The number of rotatable bonds is 5. The van der Waals surface area contributed by atoms with Crippen LogP contribution in [0.3, 0.4) is 0 Å². The predicted octanol–water partition coefficient (Wildman–Crippen LogP) is 1.08. The lowest BCUT2D eigenvalue weighted by Gasteiger charge is -2.28. The van der Waals surface area contributed by atoms with Crippen molar-refractivity contribution in [1.29, 1.82) is 0 Å². The van der Waals surface area contributed by atoms with Gasteiger partial charge >= 0.3 is 6.09 Å². The van der Waals surface area contributed by atoms with E-state index in [1.54, 1.807) is 18.2 Å². The number of hydrogen-bond acceptors (Lipinski definition) is 8. The first-order valence-electron chi connectivity index (χ1n) is 11.2. The molecule has 11 nitrogen and oxygen atoms in total. The Morgan fingerprint density at radius 3 is 2.47 bits per heavy atom. The van der Waals surface area contributed by atoms with Crippen molar-refractivity contribution in [3.05, 3.63) is 42.0 Å². The lowest BCUT2D eigenvalue weighted by molar-refractivity contribution is 0.122. The summed E-state index contributed by atoms with van der Waals surface area (Å²) in [4.78, 5) is 30.2. The monoisotopic (exact) mass is 472 g/mol. The second-order valence-corrected chi connectivity index (χ2v) is 8.01. The fourth-order valence-electron chi connectivity index (χ4n) is 4.02. The molecule has 0 saturated carbocycles. The number of halogens is 1. The van der Waals surface area contributed by atoms with Crippen LogP contribution in [0.15, 0.2) is 35.6 Å². The zero-order valence-electron chi connectivity index (χ0n) is 18.9. The van der Waals surface area contributed by atoms with Gasteiger partial charge in [-0.25, -0.2) is 19.2 Å². The fraction of sp³-hybridized carbons (Fsp3) is 0.455. The van der Waals surface area contributed by atoms with E-state index in [1.165, 1.54) is 0 Å². The Bertz CT molecular complexity index is 1010. The van der Waals surface area contributed by atoms with Gasteiger partial charge in [0.25, 0.3) is 0 Å². The number of aliphatic imine (C=N–C) groups is 1. The minimum Gasteiger partial charge on any atom is -0.443 e. The molecule has 12 heteroatoms. The maximum absolute atomic E-state index is 15.2. The van der Waals surface area contributed by atoms with Crippen molar-refractivity contribution < 1.29 is 18.7 Å². The third-order valence-corrected chi connectivity index (χ3v) is 5.75. The van der Waals surface area contributed by atoms with Crippen molar-refractivity contribution in [3.8, 4) is 0 Å². The highest BCUT2D eigenvalue weighted by atomic mass is 19.1. The van der Waals surface area contributed by atoms with Gasteiger partial charge in [-0.3, -0.25) is 0 Å². The normalized spacial score (nSPS) is 16.7. The summed E-state index contributed by atoms with van der Waals surface area (Å²) in [6.45, 7) is 5.51. The van der Waals surface area contributed by atoms with Crippen LogP contribution < -0.4 is 26.2 Å². The zero-order chi connectivity index (χ0) is 23.9. The van der Waals surface area contributed by atoms with Crippen LogP contribution in [-0.4, -0.2) is 74.5 Å². The standard InChI is InChI=1S/C22H29FN8O3/c23-19-16(15-34-22(32)28-20(24)25)3-1-4-18(19)30-6-2-5-29(7-8-30)17-13-26-21(27-14-17)31-9-11-33-12-10-31/h1,3-4,13-14H,2,5-12,15H2,(H4,24,25,28,32). The van der Waals surface area contributed by atoms with Crippen LogP contribution in [0.25, 0.3) is 0 Å². The first kappa shape index (κ1) is 23.5. The maximum atomic E-state index is 15.2. The second-order valence-electron chi connectivity index (χ2n) is 8.01. The molecule has 0 unspecified atom stereocenters. The van der Waals surface area contributed by atoms with Gasteiger partial charge < -0.3 is 35.6 Å². The van der Waals surface area contributed by atoms with Crippen LogP contribution >= 0.6 is 0 Å². The number of ether oxygens (including phenoxy) is 2. The number of guanidine groups is 1. The number of nitrogens with two attached hydrogens (primary N) is 2. The quantitative estimate of drug-likeness (QED) is 0.481. The Balaban J connectivity index is 1.38.